The number of hydrogen-bond acceptors (Lipinski definition) is 7. The van der Waals surface area contributed by atoms with Gasteiger partial charge in [-0.15, -0.1) is 0 Å². The maximum atomic E-state index is 12.9. The van der Waals surface area contributed by atoms with E-state index in [1.54, 1.807) is 37.3 Å². The Bertz CT molecular complexity index is 792. The summed E-state index contributed by atoms with van der Waals surface area (Å²) in [5, 5.41) is 0. The highest BCUT2D eigenvalue weighted by Crippen LogP contribution is 2.42. The van der Waals surface area contributed by atoms with E-state index >= 15 is 0 Å². The molecule has 2 heterocycles. The molecule has 1 aliphatic rings. The number of esters is 2. The number of carbonyl (C=O) groups is 3. The number of ether oxygens (including phenoxy) is 3. The zero-order valence-corrected chi connectivity index (χ0v) is 14.3. The Morgan fingerprint density at radius 2 is 1.88 bits per heavy atom. The van der Waals surface area contributed by atoms with Crippen LogP contribution in [0.1, 0.15) is 29.1 Å². The molecule has 0 saturated carbocycles. The molecule has 3 rings (SSSR count). The van der Waals surface area contributed by atoms with Gasteiger partial charge in [-0.05, 0) is 36.8 Å². The van der Waals surface area contributed by atoms with E-state index in [0.29, 0.717) is 11.3 Å². The van der Waals surface area contributed by atoms with Gasteiger partial charge in [0.15, 0.2) is 11.7 Å². The summed E-state index contributed by atoms with van der Waals surface area (Å²) in [6, 6.07) is 9.80. The van der Waals surface area contributed by atoms with Gasteiger partial charge in [-0.1, -0.05) is 12.1 Å². The van der Waals surface area contributed by atoms with Crippen molar-refractivity contribution in [3.8, 4) is 5.75 Å². The number of carbonyl (C=O) groups excluding carboxylic acids is 3. The Labute approximate surface area is 149 Å². The fourth-order valence-corrected chi connectivity index (χ4v) is 3.01. The van der Waals surface area contributed by atoms with Crippen molar-refractivity contribution in [1.29, 1.82) is 0 Å². The number of furan rings is 1. The molecule has 0 aliphatic carbocycles. The van der Waals surface area contributed by atoms with Crippen LogP contribution >= 0.6 is 0 Å². The zero-order chi connectivity index (χ0) is 18.7. The minimum absolute atomic E-state index is 0.0566. The van der Waals surface area contributed by atoms with E-state index in [1.165, 1.54) is 19.4 Å². The average Bonchev–Trinajstić information content (AvgIpc) is 3.29. The topological polar surface area (TPSA) is 92.0 Å². The molecule has 7 nitrogen and oxygen atoms in total. The predicted molar refractivity (Wildman–Crippen MR) is 88.5 cm³/mol. The van der Waals surface area contributed by atoms with Gasteiger partial charge in [-0.2, -0.15) is 0 Å². The molecular weight excluding hydrogens is 340 g/mol. The second kappa shape index (κ2) is 7.43. The monoisotopic (exact) mass is 358 g/mol. The fourth-order valence-electron chi connectivity index (χ4n) is 3.01. The third kappa shape index (κ3) is 3.20. The lowest BCUT2D eigenvalue weighted by molar-refractivity contribution is -0.156. The average molecular weight is 358 g/mol. The van der Waals surface area contributed by atoms with Gasteiger partial charge in [0.2, 0.25) is 5.78 Å². The second-order valence-corrected chi connectivity index (χ2v) is 5.73. The molecule has 0 amide bonds. The lowest BCUT2D eigenvalue weighted by Crippen LogP contribution is -2.33. The number of methoxy groups -OCH3 is 1. The van der Waals surface area contributed by atoms with Crippen LogP contribution in [0.3, 0.4) is 0 Å². The molecule has 1 fully saturated rings. The first-order chi connectivity index (χ1) is 12.6. The summed E-state index contributed by atoms with van der Waals surface area (Å²) in [4.78, 5) is 37.6. The number of cyclic esters (lactones) is 1. The van der Waals surface area contributed by atoms with Gasteiger partial charge < -0.3 is 18.6 Å². The van der Waals surface area contributed by atoms with E-state index in [0.717, 1.165) is 0 Å². The summed E-state index contributed by atoms with van der Waals surface area (Å²) in [5.41, 5.74) is 0.579. The van der Waals surface area contributed by atoms with E-state index in [9.17, 15) is 14.4 Å². The molecule has 0 radical (unpaired) electrons. The highest BCUT2D eigenvalue weighted by Gasteiger charge is 2.54. The highest BCUT2D eigenvalue weighted by atomic mass is 16.6. The molecule has 7 heteroatoms. The van der Waals surface area contributed by atoms with Gasteiger partial charge >= 0.3 is 11.9 Å². The van der Waals surface area contributed by atoms with Gasteiger partial charge in [0.05, 0.1) is 25.9 Å². The molecule has 136 valence electrons. The van der Waals surface area contributed by atoms with E-state index in [-0.39, 0.29) is 12.4 Å². The maximum Gasteiger partial charge on any atom is 0.321 e. The van der Waals surface area contributed by atoms with Gasteiger partial charge in [0.1, 0.15) is 11.9 Å². The predicted octanol–water partition coefficient (Wildman–Crippen LogP) is 2.56. The van der Waals surface area contributed by atoms with Crippen LogP contribution < -0.4 is 4.74 Å². The quantitative estimate of drug-likeness (QED) is 0.445. The Morgan fingerprint density at radius 3 is 2.46 bits per heavy atom. The lowest BCUT2D eigenvalue weighted by atomic mass is 9.83. The molecular formula is C19H18O7. The van der Waals surface area contributed by atoms with Crippen LogP contribution in [0.25, 0.3) is 0 Å². The van der Waals surface area contributed by atoms with Crippen LogP contribution in [-0.2, 0) is 19.1 Å². The normalized spacial score (nSPS) is 21.9. The van der Waals surface area contributed by atoms with Crippen LogP contribution in [0.5, 0.6) is 5.75 Å². The molecule has 26 heavy (non-hydrogen) atoms. The molecule has 1 aromatic heterocycles. The molecule has 0 N–H and O–H groups in total. The number of Topliss-reactive ketones (excluding diaryl/α,β-unsaturated/α-hetero) is 1. The molecule has 1 aromatic carbocycles. The molecule has 1 saturated heterocycles. The van der Waals surface area contributed by atoms with Gasteiger partial charge in [-0.25, -0.2) is 0 Å². The lowest BCUT2D eigenvalue weighted by Gasteiger charge is -2.18. The summed E-state index contributed by atoms with van der Waals surface area (Å²) >= 11 is 0. The Kier molecular flexibility index (Phi) is 5.06. The first kappa shape index (κ1) is 17.7. The van der Waals surface area contributed by atoms with Crippen molar-refractivity contribution in [3.05, 3.63) is 54.0 Å². The molecule has 1 aliphatic heterocycles. The first-order valence-corrected chi connectivity index (χ1v) is 8.15. The Hall–Kier alpha value is -3.09. The van der Waals surface area contributed by atoms with Gasteiger partial charge in [0.25, 0.3) is 0 Å². The summed E-state index contributed by atoms with van der Waals surface area (Å²) in [6.07, 6.45) is 0.438. The largest absolute Gasteiger partial charge is 0.497 e. The van der Waals surface area contributed by atoms with E-state index in [2.05, 4.69) is 0 Å². The minimum atomic E-state index is -1.33. The van der Waals surface area contributed by atoms with Crippen LogP contribution in [0.15, 0.2) is 47.1 Å². The van der Waals surface area contributed by atoms with Crippen LogP contribution in [0.2, 0.25) is 0 Å². The molecule has 2 aromatic rings. The second-order valence-electron chi connectivity index (χ2n) is 5.73. The Balaban J connectivity index is 1.99. The Morgan fingerprint density at radius 1 is 1.15 bits per heavy atom. The molecule has 0 spiro atoms. The molecule has 0 bridgehead atoms. The van der Waals surface area contributed by atoms with Gasteiger partial charge in [-0.3, -0.25) is 14.4 Å². The maximum absolute atomic E-state index is 12.9. The standard InChI is InChI=1S/C19H18O7/c1-3-24-18(21)15-14(16(20)13-5-4-10-25-13)17(26-19(15)22)11-6-8-12(23-2)9-7-11/h4-10,14-15,17H,3H2,1-2H3/t14-,15-,17+/m1/s1. The summed E-state index contributed by atoms with van der Waals surface area (Å²) in [6.45, 7) is 1.72. The van der Waals surface area contributed by atoms with E-state index in [4.69, 9.17) is 18.6 Å². The van der Waals surface area contributed by atoms with Crippen LogP contribution in [-0.4, -0.2) is 31.4 Å². The van der Waals surface area contributed by atoms with Crippen molar-refractivity contribution in [2.24, 2.45) is 11.8 Å². The van der Waals surface area contributed by atoms with Crippen molar-refractivity contribution in [1.82, 2.24) is 0 Å². The number of ketones is 1. The third-order valence-electron chi connectivity index (χ3n) is 4.23. The van der Waals surface area contributed by atoms with E-state index in [1.807, 2.05) is 0 Å². The molecule has 0 unspecified atom stereocenters. The third-order valence-corrected chi connectivity index (χ3v) is 4.23. The van der Waals surface area contributed by atoms with Crippen molar-refractivity contribution in [2.75, 3.05) is 13.7 Å². The first-order valence-electron chi connectivity index (χ1n) is 8.15. The minimum Gasteiger partial charge on any atom is -0.497 e. The number of benzene rings is 1. The highest BCUT2D eigenvalue weighted by molar-refractivity contribution is 6.07. The fraction of sp³-hybridized carbons (Fsp3) is 0.316. The number of hydrogen-bond donors (Lipinski definition) is 0. The van der Waals surface area contributed by atoms with Crippen molar-refractivity contribution in [3.63, 3.8) is 0 Å². The van der Waals surface area contributed by atoms with E-state index < -0.39 is 35.7 Å². The zero-order valence-electron chi connectivity index (χ0n) is 14.3. The van der Waals surface area contributed by atoms with Crippen molar-refractivity contribution < 1.29 is 33.0 Å². The van der Waals surface area contributed by atoms with Crippen molar-refractivity contribution in [2.45, 2.75) is 13.0 Å². The van der Waals surface area contributed by atoms with Gasteiger partial charge in [0, 0.05) is 0 Å². The summed E-state index contributed by atoms with van der Waals surface area (Å²) < 4.78 is 20.6. The summed E-state index contributed by atoms with van der Waals surface area (Å²) in [5.74, 6) is -3.77. The molecule has 3 atom stereocenters. The van der Waals surface area contributed by atoms with Crippen LogP contribution in [0.4, 0.5) is 0 Å². The van der Waals surface area contributed by atoms with Crippen molar-refractivity contribution >= 4 is 17.7 Å². The number of rotatable bonds is 6. The van der Waals surface area contributed by atoms with Crippen LogP contribution in [0, 0.1) is 11.8 Å². The SMILES string of the molecule is CCOC(=O)[C@@H]1C(=O)O[C@@H](c2ccc(OC)cc2)[C@H]1C(=O)c1ccco1. The smallest absolute Gasteiger partial charge is 0.321 e. The summed E-state index contributed by atoms with van der Waals surface area (Å²) in [7, 11) is 1.53.